The van der Waals surface area contributed by atoms with Crippen LogP contribution in [0.5, 0.6) is 5.75 Å². The molecule has 1 amide bonds. The summed E-state index contributed by atoms with van der Waals surface area (Å²) >= 11 is 0. The maximum absolute atomic E-state index is 13.2. The topological polar surface area (TPSA) is 93.0 Å². The Morgan fingerprint density at radius 3 is 2.53 bits per heavy atom. The SMILES string of the molecule is Cc1cccc(C(CN)NC(=O)c2cc(-c3ccc4n[nH]c(C)c4c3)ccc2OC(F)(F)F)c1. The number of amides is 1. The lowest BCUT2D eigenvalue weighted by atomic mass is 9.99. The molecule has 4 N–H and O–H groups in total. The number of nitrogens with zero attached hydrogens (tertiary/aromatic N) is 1. The van der Waals surface area contributed by atoms with Crippen LogP contribution in [0.1, 0.15) is 33.2 Å². The van der Waals surface area contributed by atoms with E-state index in [4.69, 9.17) is 5.73 Å². The highest BCUT2D eigenvalue weighted by molar-refractivity contribution is 5.99. The number of H-pyrrole nitrogens is 1. The summed E-state index contributed by atoms with van der Waals surface area (Å²) < 4.78 is 43.3. The Kier molecular flexibility index (Phi) is 6.30. The van der Waals surface area contributed by atoms with E-state index in [1.54, 1.807) is 18.2 Å². The minimum atomic E-state index is -4.95. The molecule has 0 saturated heterocycles. The third-order valence-electron chi connectivity index (χ3n) is 5.51. The molecule has 0 aliphatic rings. The Morgan fingerprint density at radius 1 is 1.09 bits per heavy atom. The minimum Gasteiger partial charge on any atom is -0.405 e. The molecule has 1 unspecified atom stereocenters. The normalized spacial score (nSPS) is 12.5. The molecule has 0 aliphatic heterocycles. The Hall–Kier alpha value is -3.85. The van der Waals surface area contributed by atoms with Crippen molar-refractivity contribution in [1.82, 2.24) is 15.5 Å². The van der Waals surface area contributed by atoms with E-state index in [2.05, 4.69) is 20.3 Å². The van der Waals surface area contributed by atoms with Gasteiger partial charge in [0.1, 0.15) is 5.75 Å². The molecule has 1 heterocycles. The highest BCUT2D eigenvalue weighted by Gasteiger charge is 2.33. The lowest BCUT2D eigenvalue weighted by Gasteiger charge is -2.20. The van der Waals surface area contributed by atoms with E-state index in [1.165, 1.54) is 12.1 Å². The van der Waals surface area contributed by atoms with Crippen LogP contribution < -0.4 is 15.8 Å². The number of nitrogens with two attached hydrogens (primary N) is 1. The fourth-order valence-electron chi connectivity index (χ4n) is 3.82. The van der Waals surface area contributed by atoms with Crippen LogP contribution >= 0.6 is 0 Å². The summed E-state index contributed by atoms with van der Waals surface area (Å²) in [4.78, 5) is 13.2. The molecular formula is C25H23F3N4O2. The first-order valence-electron chi connectivity index (χ1n) is 10.6. The number of carbonyl (C=O) groups is 1. The van der Waals surface area contributed by atoms with E-state index in [1.807, 2.05) is 38.1 Å². The van der Waals surface area contributed by atoms with E-state index < -0.39 is 24.1 Å². The summed E-state index contributed by atoms with van der Waals surface area (Å²) in [6.45, 7) is 3.84. The Morgan fingerprint density at radius 2 is 1.82 bits per heavy atom. The van der Waals surface area contributed by atoms with Crippen LogP contribution in [-0.2, 0) is 0 Å². The van der Waals surface area contributed by atoms with Crippen molar-refractivity contribution in [1.29, 1.82) is 0 Å². The van der Waals surface area contributed by atoms with Crippen LogP contribution in [-0.4, -0.2) is 29.0 Å². The molecule has 0 bridgehead atoms. The van der Waals surface area contributed by atoms with Gasteiger partial charge in [-0.3, -0.25) is 9.89 Å². The highest BCUT2D eigenvalue weighted by atomic mass is 19.4. The second-order valence-corrected chi connectivity index (χ2v) is 8.02. The lowest BCUT2D eigenvalue weighted by molar-refractivity contribution is -0.274. The molecule has 6 nitrogen and oxygen atoms in total. The number of nitrogens with one attached hydrogen (secondary N) is 2. The van der Waals surface area contributed by atoms with Crippen molar-refractivity contribution in [3.63, 3.8) is 0 Å². The van der Waals surface area contributed by atoms with Gasteiger partial charge in [0.25, 0.3) is 5.91 Å². The number of aromatic nitrogens is 2. The van der Waals surface area contributed by atoms with Crippen LogP contribution in [0, 0.1) is 13.8 Å². The fourth-order valence-corrected chi connectivity index (χ4v) is 3.82. The molecule has 0 radical (unpaired) electrons. The smallest absolute Gasteiger partial charge is 0.405 e. The molecule has 3 aromatic carbocycles. The number of aryl methyl sites for hydroxylation is 2. The number of hydrogen-bond acceptors (Lipinski definition) is 4. The molecule has 0 spiro atoms. The second kappa shape index (κ2) is 9.18. The summed E-state index contributed by atoms with van der Waals surface area (Å²) in [5.74, 6) is -1.31. The van der Waals surface area contributed by atoms with Gasteiger partial charge in [-0.1, -0.05) is 42.0 Å². The maximum atomic E-state index is 13.2. The molecular weight excluding hydrogens is 445 g/mol. The molecule has 0 saturated carbocycles. The van der Waals surface area contributed by atoms with E-state index in [0.717, 1.165) is 39.4 Å². The van der Waals surface area contributed by atoms with Crippen LogP contribution in [0.2, 0.25) is 0 Å². The standard InChI is InChI=1S/C25H23F3N4O2/c1-14-4-3-5-18(10-14)22(13-29)30-24(33)20-12-17(7-9-23(20)34-25(26,27)28)16-6-8-21-19(11-16)15(2)31-32-21/h3-12,22H,13,29H2,1-2H3,(H,30,33)(H,31,32). The number of rotatable bonds is 6. The number of hydrogen-bond donors (Lipinski definition) is 3. The minimum absolute atomic E-state index is 0.0702. The fraction of sp³-hybridized carbons (Fsp3) is 0.200. The van der Waals surface area contributed by atoms with Crippen molar-refractivity contribution in [3.8, 4) is 16.9 Å². The van der Waals surface area contributed by atoms with Gasteiger partial charge in [-0.2, -0.15) is 5.10 Å². The van der Waals surface area contributed by atoms with E-state index in [-0.39, 0.29) is 12.1 Å². The summed E-state index contributed by atoms with van der Waals surface area (Å²) in [7, 11) is 0. The van der Waals surface area contributed by atoms with Crippen molar-refractivity contribution >= 4 is 16.8 Å². The van der Waals surface area contributed by atoms with Crippen molar-refractivity contribution in [2.45, 2.75) is 26.3 Å². The van der Waals surface area contributed by atoms with Gasteiger partial charge in [-0.05, 0) is 54.8 Å². The third-order valence-corrected chi connectivity index (χ3v) is 5.51. The van der Waals surface area contributed by atoms with Gasteiger partial charge in [-0.15, -0.1) is 13.2 Å². The number of alkyl halides is 3. The van der Waals surface area contributed by atoms with Crippen molar-refractivity contribution in [2.75, 3.05) is 6.54 Å². The average Bonchev–Trinajstić information content (AvgIpc) is 3.16. The molecule has 4 rings (SSSR count). The predicted molar refractivity (Wildman–Crippen MR) is 123 cm³/mol. The zero-order valence-corrected chi connectivity index (χ0v) is 18.5. The van der Waals surface area contributed by atoms with Gasteiger partial charge in [0.05, 0.1) is 17.1 Å². The van der Waals surface area contributed by atoms with Crippen molar-refractivity contribution in [3.05, 3.63) is 83.0 Å². The van der Waals surface area contributed by atoms with Gasteiger partial charge in [0.15, 0.2) is 0 Å². The zero-order valence-electron chi connectivity index (χ0n) is 18.5. The molecule has 1 atom stereocenters. The Balaban J connectivity index is 1.73. The highest BCUT2D eigenvalue weighted by Crippen LogP contribution is 2.32. The second-order valence-electron chi connectivity index (χ2n) is 8.02. The summed E-state index contributed by atoms with van der Waals surface area (Å²) in [5.41, 5.74) is 10.2. The van der Waals surface area contributed by atoms with Gasteiger partial charge < -0.3 is 15.8 Å². The first kappa shape index (κ1) is 23.3. The van der Waals surface area contributed by atoms with Crippen LogP contribution in [0.25, 0.3) is 22.0 Å². The van der Waals surface area contributed by atoms with Crippen LogP contribution in [0.15, 0.2) is 60.7 Å². The largest absolute Gasteiger partial charge is 0.573 e. The molecule has 176 valence electrons. The quantitative estimate of drug-likeness (QED) is 0.364. The van der Waals surface area contributed by atoms with Crippen LogP contribution in [0.3, 0.4) is 0 Å². The number of ether oxygens (including phenoxy) is 1. The molecule has 4 aromatic rings. The van der Waals surface area contributed by atoms with Gasteiger partial charge >= 0.3 is 6.36 Å². The first-order valence-corrected chi connectivity index (χ1v) is 10.6. The van der Waals surface area contributed by atoms with Gasteiger partial charge in [0, 0.05) is 17.6 Å². The first-order chi connectivity index (χ1) is 16.1. The number of benzene rings is 3. The number of carbonyl (C=O) groups excluding carboxylic acids is 1. The molecule has 0 aliphatic carbocycles. The van der Waals surface area contributed by atoms with E-state index in [9.17, 15) is 18.0 Å². The van der Waals surface area contributed by atoms with E-state index >= 15 is 0 Å². The van der Waals surface area contributed by atoms with Crippen LogP contribution in [0.4, 0.5) is 13.2 Å². The number of halogens is 3. The lowest BCUT2D eigenvalue weighted by Crippen LogP contribution is -2.34. The molecule has 0 fully saturated rings. The Bertz CT molecular complexity index is 1350. The van der Waals surface area contributed by atoms with Crippen molar-refractivity contribution < 1.29 is 22.7 Å². The van der Waals surface area contributed by atoms with Gasteiger partial charge in [-0.25, -0.2) is 0 Å². The molecule has 9 heteroatoms. The molecule has 34 heavy (non-hydrogen) atoms. The predicted octanol–water partition coefficient (Wildman–Crippen LogP) is 5.18. The number of aromatic amines is 1. The number of fused-ring (bicyclic) bond motifs is 1. The Labute approximate surface area is 193 Å². The zero-order chi connectivity index (χ0) is 24.5. The maximum Gasteiger partial charge on any atom is 0.573 e. The average molecular weight is 468 g/mol. The monoisotopic (exact) mass is 468 g/mol. The van der Waals surface area contributed by atoms with E-state index in [0.29, 0.717) is 5.56 Å². The van der Waals surface area contributed by atoms with Crippen molar-refractivity contribution in [2.24, 2.45) is 5.73 Å². The van der Waals surface area contributed by atoms with Gasteiger partial charge in [0.2, 0.25) is 0 Å². The summed E-state index contributed by atoms with van der Waals surface area (Å²) in [5, 5.41) is 10.7. The summed E-state index contributed by atoms with van der Waals surface area (Å²) in [6, 6.07) is 16.3. The summed E-state index contributed by atoms with van der Waals surface area (Å²) in [6.07, 6.45) is -4.95. The molecule has 1 aromatic heterocycles. The third kappa shape index (κ3) is 5.04.